The lowest BCUT2D eigenvalue weighted by Crippen LogP contribution is -2.09. The van der Waals surface area contributed by atoms with Gasteiger partial charge in [-0.15, -0.1) is 0 Å². The van der Waals surface area contributed by atoms with Gasteiger partial charge < -0.3 is 10.3 Å². The number of nitrogens with zero attached hydrogens (tertiary/aromatic N) is 3. The lowest BCUT2D eigenvalue weighted by molar-refractivity contribution is -0.134. The van der Waals surface area contributed by atoms with Crippen molar-refractivity contribution in [3.8, 4) is 11.5 Å². The van der Waals surface area contributed by atoms with Gasteiger partial charge in [0.05, 0.1) is 17.7 Å². The molecule has 0 atom stereocenters. The van der Waals surface area contributed by atoms with Crippen LogP contribution in [0.1, 0.15) is 17.9 Å². The smallest absolute Gasteiger partial charge is 0.389 e. The normalized spacial score (nSPS) is 12.0. The summed E-state index contributed by atoms with van der Waals surface area (Å²) in [5.74, 6) is 0.114. The van der Waals surface area contributed by atoms with Gasteiger partial charge in [0.1, 0.15) is 5.00 Å². The molecule has 0 unspecified atom stereocenters. The fourth-order valence-electron chi connectivity index (χ4n) is 1.36. The highest BCUT2D eigenvalue weighted by Crippen LogP contribution is 2.31. The standard InChI is InChI=1S/C9H9F3N4OS/c1-4-6(7(13)18-16-4)8-14-5(15-17-8)2-3-9(10,11)12/h2-3,13H2,1H3. The van der Waals surface area contributed by atoms with E-state index in [2.05, 4.69) is 14.5 Å². The summed E-state index contributed by atoms with van der Waals surface area (Å²) in [7, 11) is 0. The van der Waals surface area contributed by atoms with Crippen molar-refractivity contribution in [2.45, 2.75) is 25.9 Å². The van der Waals surface area contributed by atoms with Crippen LogP contribution in [0.3, 0.4) is 0 Å². The quantitative estimate of drug-likeness (QED) is 0.933. The number of alkyl halides is 3. The predicted molar refractivity (Wildman–Crippen MR) is 58.9 cm³/mol. The number of hydrogen-bond donors (Lipinski definition) is 1. The topological polar surface area (TPSA) is 77.8 Å². The van der Waals surface area contributed by atoms with Crippen molar-refractivity contribution >= 4 is 16.5 Å². The largest absolute Gasteiger partial charge is 0.389 e. The van der Waals surface area contributed by atoms with E-state index in [0.29, 0.717) is 16.3 Å². The summed E-state index contributed by atoms with van der Waals surface area (Å²) in [6.07, 6.45) is -5.54. The second kappa shape index (κ2) is 4.56. The Morgan fingerprint density at radius 2 is 2.11 bits per heavy atom. The van der Waals surface area contributed by atoms with Crippen LogP contribution in [0.4, 0.5) is 18.2 Å². The van der Waals surface area contributed by atoms with Crippen molar-refractivity contribution in [3.63, 3.8) is 0 Å². The van der Waals surface area contributed by atoms with E-state index in [0.717, 1.165) is 11.5 Å². The van der Waals surface area contributed by atoms with E-state index in [9.17, 15) is 13.2 Å². The number of nitrogen functional groups attached to an aromatic ring is 1. The Balaban J connectivity index is 2.16. The van der Waals surface area contributed by atoms with Gasteiger partial charge in [0.15, 0.2) is 5.82 Å². The minimum Gasteiger partial charge on any atom is -0.389 e. The van der Waals surface area contributed by atoms with Gasteiger partial charge in [0, 0.05) is 6.42 Å². The monoisotopic (exact) mass is 278 g/mol. The van der Waals surface area contributed by atoms with Gasteiger partial charge >= 0.3 is 6.18 Å². The molecule has 2 heterocycles. The first-order valence-electron chi connectivity index (χ1n) is 4.98. The summed E-state index contributed by atoms with van der Waals surface area (Å²) in [6, 6.07) is 0. The zero-order valence-corrected chi connectivity index (χ0v) is 10.1. The maximum atomic E-state index is 12.0. The summed E-state index contributed by atoms with van der Waals surface area (Å²) < 4.78 is 45.0. The lowest BCUT2D eigenvalue weighted by atomic mass is 10.2. The number of nitrogens with two attached hydrogens (primary N) is 1. The molecule has 0 amide bonds. The second-order valence-electron chi connectivity index (χ2n) is 3.64. The van der Waals surface area contributed by atoms with Crippen LogP contribution in [0.5, 0.6) is 0 Å². The van der Waals surface area contributed by atoms with Crippen LogP contribution < -0.4 is 5.73 Å². The van der Waals surface area contributed by atoms with Gasteiger partial charge in [-0.05, 0) is 18.5 Å². The molecular formula is C9H9F3N4OS. The summed E-state index contributed by atoms with van der Waals surface area (Å²) in [5.41, 5.74) is 6.78. The van der Waals surface area contributed by atoms with Crippen molar-refractivity contribution in [2.24, 2.45) is 0 Å². The van der Waals surface area contributed by atoms with E-state index in [1.165, 1.54) is 0 Å². The van der Waals surface area contributed by atoms with Gasteiger partial charge in [0.2, 0.25) is 0 Å². The second-order valence-corrected chi connectivity index (χ2v) is 4.44. The molecule has 2 rings (SSSR count). The van der Waals surface area contributed by atoms with Crippen LogP contribution in [0, 0.1) is 6.92 Å². The third-order valence-electron chi connectivity index (χ3n) is 2.20. The molecule has 0 aliphatic rings. The summed E-state index contributed by atoms with van der Waals surface area (Å²) >= 11 is 1.07. The molecule has 0 saturated heterocycles. The van der Waals surface area contributed by atoms with E-state index in [1.54, 1.807) is 6.92 Å². The molecule has 0 spiro atoms. The SMILES string of the molecule is Cc1nsc(N)c1-c1nc(CCC(F)(F)F)no1. The van der Waals surface area contributed by atoms with Gasteiger partial charge in [0.25, 0.3) is 5.89 Å². The lowest BCUT2D eigenvalue weighted by Gasteiger charge is -2.01. The van der Waals surface area contributed by atoms with Crippen molar-refractivity contribution in [3.05, 3.63) is 11.5 Å². The highest BCUT2D eigenvalue weighted by Gasteiger charge is 2.28. The Morgan fingerprint density at radius 3 is 2.67 bits per heavy atom. The third kappa shape index (κ3) is 2.78. The first-order chi connectivity index (χ1) is 8.37. The minimum absolute atomic E-state index is 0.00678. The van der Waals surface area contributed by atoms with Gasteiger partial charge in [-0.3, -0.25) is 0 Å². The van der Waals surface area contributed by atoms with E-state index in [1.807, 2.05) is 0 Å². The number of aryl methyl sites for hydroxylation is 2. The molecule has 0 aliphatic heterocycles. The molecule has 9 heteroatoms. The molecule has 0 aromatic carbocycles. The molecule has 2 N–H and O–H groups in total. The molecular weight excluding hydrogens is 269 g/mol. The molecule has 0 bridgehead atoms. The molecule has 0 aliphatic carbocycles. The van der Waals surface area contributed by atoms with Crippen LogP contribution in [-0.2, 0) is 6.42 Å². The average molecular weight is 278 g/mol. The average Bonchev–Trinajstić information content (AvgIpc) is 2.82. The first kappa shape index (κ1) is 12.8. The summed E-state index contributed by atoms with van der Waals surface area (Å²) in [4.78, 5) is 3.89. The molecule has 2 aromatic rings. The van der Waals surface area contributed by atoms with Gasteiger partial charge in [-0.25, -0.2) is 0 Å². The van der Waals surface area contributed by atoms with Crippen molar-refractivity contribution in [1.29, 1.82) is 0 Å². The number of aromatic nitrogens is 3. The Labute approximate surface area is 104 Å². The molecule has 0 saturated carbocycles. The Bertz CT molecular complexity index is 529. The molecule has 0 radical (unpaired) electrons. The highest BCUT2D eigenvalue weighted by molar-refractivity contribution is 7.10. The third-order valence-corrected chi connectivity index (χ3v) is 2.97. The molecule has 18 heavy (non-hydrogen) atoms. The zero-order valence-electron chi connectivity index (χ0n) is 9.28. The maximum absolute atomic E-state index is 12.0. The Kier molecular flexibility index (Phi) is 3.24. The van der Waals surface area contributed by atoms with Crippen LogP contribution >= 0.6 is 11.5 Å². The van der Waals surface area contributed by atoms with Crippen molar-refractivity contribution in [1.82, 2.24) is 14.5 Å². The zero-order chi connectivity index (χ0) is 13.3. The molecule has 98 valence electrons. The number of hydrogen-bond acceptors (Lipinski definition) is 6. The van der Waals surface area contributed by atoms with E-state index < -0.39 is 12.6 Å². The van der Waals surface area contributed by atoms with E-state index >= 15 is 0 Å². The minimum atomic E-state index is -4.24. The number of anilines is 1. The fourth-order valence-corrected chi connectivity index (χ4v) is 2.01. The number of rotatable bonds is 3. The fraction of sp³-hybridized carbons (Fsp3) is 0.444. The predicted octanol–water partition coefficient (Wildman–Crippen LogP) is 2.58. The van der Waals surface area contributed by atoms with Crippen LogP contribution in [0.25, 0.3) is 11.5 Å². The summed E-state index contributed by atoms with van der Waals surface area (Å²) in [6.45, 7) is 1.71. The van der Waals surface area contributed by atoms with Crippen molar-refractivity contribution in [2.75, 3.05) is 5.73 Å². The van der Waals surface area contributed by atoms with Crippen LogP contribution in [0.2, 0.25) is 0 Å². The van der Waals surface area contributed by atoms with Crippen LogP contribution in [0.15, 0.2) is 4.52 Å². The van der Waals surface area contributed by atoms with E-state index in [-0.39, 0.29) is 18.1 Å². The Hall–Kier alpha value is -1.64. The molecule has 0 fully saturated rings. The Morgan fingerprint density at radius 1 is 1.39 bits per heavy atom. The number of halogens is 3. The molecule has 5 nitrogen and oxygen atoms in total. The van der Waals surface area contributed by atoms with Crippen molar-refractivity contribution < 1.29 is 17.7 Å². The van der Waals surface area contributed by atoms with E-state index in [4.69, 9.17) is 10.3 Å². The highest BCUT2D eigenvalue weighted by atomic mass is 32.1. The summed E-state index contributed by atoms with van der Waals surface area (Å²) in [5, 5.41) is 3.89. The van der Waals surface area contributed by atoms with Gasteiger partial charge in [-0.1, -0.05) is 5.16 Å². The van der Waals surface area contributed by atoms with Crippen LogP contribution in [-0.4, -0.2) is 20.7 Å². The maximum Gasteiger partial charge on any atom is 0.389 e. The molecule has 2 aromatic heterocycles. The first-order valence-corrected chi connectivity index (χ1v) is 5.75. The van der Waals surface area contributed by atoms with Gasteiger partial charge in [-0.2, -0.15) is 22.5 Å².